The number of nitrogens with one attached hydrogen (secondary N) is 1. The Labute approximate surface area is 103 Å². The quantitative estimate of drug-likeness (QED) is 0.613. The van der Waals surface area contributed by atoms with E-state index in [4.69, 9.17) is 0 Å². The van der Waals surface area contributed by atoms with E-state index in [0.29, 0.717) is 0 Å². The number of amides is 2. The van der Waals surface area contributed by atoms with E-state index in [1.54, 1.807) is 0 Å². The lowest BCUT2D eigenvalue weighted by Crippen LogP contribution is -2.52. The second-order valence-corrected chi connectivity index (χ2v) is 4.02. The molecule has 1 aromatic rings. The lowest BCUT2D eigenvalue weighted by Gasteiger charge is -2.29. The summed E-state index contributed by atoms with van der Waals surface area (Å²) in [6.45, 7) is 1.02. The first-order chi connectivity index (χ1) is 8.49. The fourth-order valence-electron chi connectivity index (χ4n) is 1.92. The summed E-state index contributed by atoms with van der Waals surface area (Å²) in [7, 11) is 0. The monoisotopic (exact) mass is 250 g/mol. The minimum absolute atomic E-state index is 0.00759. The van der Waals surface area contributed by atoms with Gasteiger partial charge in [0.2, 0.25) is 11.8 Å². The number of rotatable bonds is 2. The number of halogens is 1. The van der Waals surface area contributed by atoms with Crippen molar-refractivity contribution in [3.05, 3.63) is 29.6 Å². The Morgan fingerprint density at radius 1 is 1.28 bits per heavy atom. The van der Waals surface area contributed by atoms with Crippen LogP contribution in [0.15, 0.2) is 18.2 Å². The number of hydrogen-bond donors (Lipinski definition) is 1. The van der Waals surface area contributed by atoms with Crippen LogP contribution in [0.1, 0.15) is 17.3 Å². The van der Waals surface area contributed by atoms with E-state index in [9.17, 15) is 18.8 Å². The summed E-state index contributed by atoms with van der Waals surface area (Å²) in [4.78, 5) is 35.3. The Balaban J connectivity index is 2.46. The van der Waals surface area contributed by atoms with E-state index in [1.165, 1.54) is 30.0 Å². The average molecular weight is 250 g/mol. The topological polar surface area (TPSA) is 66.5 Å². The van der Waals surface area contributed by atoms with E-state index in [-0.39, 0.29) is 30.1 Å². The zero-order valence-corrected chi connectivity index (χ0v) is 9.70. The minimum Gasteiger partial charge on any atom is -0.350 e. The number of piperazine rings is 1. The van der Waals surface area contributed by atoms with Gasteiger partial charge in [0.1, 0.15) is 5.82 Å². The Morgan fingerprint density at radius 2 is 1.89 bits per heavy atom. The summed E-state index contributed by atoms with van der Waals surface area (Å²) in [5, 5.41) is 2.12. The van der Waals surface area contributed by atoms with Crippen molar-refractivity contribution < 1.29 is 18.8 Å². The van der Waals surface area contributed by atoms with Gasteiger partial charge in [-0.05, 0) is 19.1 Å². The molecule has 2 amide bonds. The molecule has 18 heavy (non-hydrogen) atoms. The van der Waals surface area contributed by atoms with Crippen molar-refractivity contribution in [2.45, 2.75) is 6.92 Å². The maximum Gasteiger partial charge on any atom is 0.246 e. The molecule has 1 saturated heterocycles. The Morgan fingerprint density at radius 3 is 2.44 bits per heavy atom. The molecule has 2 rings (SSSR count). The standard InChI is InChI=1S/C12H11FN2O3/c1-7(16)8-3-2-4-9(13)12(8)15-5-10(17)14-11(18)6-15/h2-4H,5-6H2,1H3,(H,14,17,18). The van der Waals surface area contributed by atoms with Crippen molar-refractivity contribution in [2.75, 3.05) is 18.0 Å². The van der Waals surface area contributed by atoms with E-state index < -0.39 is 17.6 Å². The van der Waals surface area contributed by atoms with Crippen LogP contribution in [0, 0.1) is 5.82 Å². The fraction of sp³-hybridized carbons (Fsp3) is 0.250. The van der Waals surface area contributed by atoms with Crippen molar-refractivity contribution in [3.63, 3.8) is 0 Å². The molecule has 0 atom stereocenters. The number of nitrogens with zero attached hydrogens (tertiary/aromatic N) is 1. The molecule has 1 aliphatic rings. The predicted molar refractivity (Wildman–Crippen MR) is 61.8 cm³/mol. The molecule has 1 aromatic carbocycles. The molecule has 0 unspecified atom stereocenters. The largest absolute Gasteiger partial charge is 0.350 e. The van der Waals surface area contributed by atoms with Gasteiger partial charge in [0, 0.05) is 5.56 Å². The molecular weight excluding hydrogens is 239 g/mol. The van der Waals surface area contributed by atoms with Crippen LogP contribution < -0.4 is 10.2 Å². The molecule has 1 aliphatic heterocycles. The van der Waals surface area contributed by atoms with Gasteiger partial charge < -0.3 is 4.90 Å². The zero-order valence-electron chi connectivity index (χ0n) is 9.70. The van der Waals surface area contributed by atoms with Crippen molar-refractivity contribution in [1.29, 1.82) is 0 Å². The van der Waals surface area contributed by atoms with Crippen molar-refractivity contribution in [2.24, 2.45) is 0 Å². The van der Waals surface area contributed by atoms with Gasteiger partial charge in [0.25, 0.3) is 0 Å². The first-order valence-electron chi connectivity index (χ1n) is 5.36. The summed E-state index contributed by atoms with van der Waals surface area (Å²) >= 11 is 0. The minimum atomic E-state index is -0.620. The second-order valence-electron chi connectivity index (χ2n) is 4.02. The third-order valence-corrected chi connectivity index (χ3v) is 2.63. The summed E-state index contributed by atoms with van der Waals surface area (Å²) in [6, 6.07) is 4.08. The summed E-state index contributed by atoms with van der Waals surface area (Å²) in [5.74, 6) is -1.96. The van der Waals surface area contributed by atoms with Crippen LogP contribution in [0.5, 0.6) is 0 Å². The van der Waals surface area contributed by atoms with E-state index in [2.05, 4.69) is 5.32 Å². The number of carbonyl (C=O) groups excluding carboxylic acids is 3. The number of ketones is 1. The summed E-state index contributed by atoms with van der Waals surface area (Å²) < 4.78 is 13.8. The van der Waals surface area contributed by atoms with Gasteiger partial charge in [0.05, 0.1) is 18.8 Å². The van der Waals surface area contributed by atoms with Crippen molar-refractivity contribution in [3.8, 4) is 0 Å². The Bertz CT molecular complexity index is 526. The normalized spacial score (nSPS) is 15.6. The first-order valence-corrected chi connectivity index (χ1v) is 5.36. The van der Waals surface area contributed by atoms with Gasteiger partial charge in [-0.2, -0.15) is 0 Å². The van der Waals surface area contributed by atoms with Crippen LogP contribution in [0.25, 0.3) is 0 Å². The third kappa shape index (κ3) is 2.22. The highest BCUT2D eigenvalue weighted by Gasteiger charge is 2.27. The molecule has 0 saturated carbocycles. The maximum absolute atomic E-state index is 13.8. The Kier molecular flexibility index (Phi) is 3.10. The van der Waals surface area contributed by atoms with Crippen LogP contribution in [-0.4, -0.2) is 30.7 Å². The molecule has 6 heteroatoms. The molecule has 0 aromatic heterocycles. The fourth-order valence-corrected chi connectivity index (χ4v) is 1.92. The predicted octanol–water partition coefficient (Wildman–Crippen LogP) is 0.491. The van der Waals surface area contributed by atoms with Crippen LogP contribution in [0.4, 0.5) is 10.1 Å². The second kappa shape index (κ2) is 4.56. The van der Waals surface area contributed by atoms with Gasteiger partial charge in [-0.15, -0.1) is 0 Å². The first kappa shape index (κ1) is 12.2. The molecular formula is C12H11FN2O3. The van der Waals surface area contributed by atoms with Crippen molar-refractivity contribution >= 4 is 23.3 Å². The molecule has 94 valence electrons. The van der Waals surface area contributed by atoms with E-state index in [0.717, 1.165) is 0 Å². The zero-order chi connectivity index (χ0) is 13.3. The summed E-state index contributed by atoms with van der Waals surface area (Å²) in [5.41, 5.74) is 0.172. The number of benzene rings is 1. The van der Waals surface area contributed by atoms with Crippen molar-refractivity contribution in [1.82, 2.24) is 5.32 Å². The SMILES string of the molecule is CC(=O)c1cccc(F)c1N1CC(=O)NC(=O)C1. The molecule has 0 radical (unpaired) electrons. The van der Waals surface area contributed by atoms with Gasteiger partial charge in [-0.1, -0.05) is 6.07 Å². The van der Waals surface area contributed by atoms with Gasteiger partial charge >= 0.3 is 0 Å². The Hall–Kier alpha value is -2.24. The molecule has 1 N–H and O–H groups in total. The smallest absolute Gasteiger partial charge is 0.246 e. The van der Waals surface area contributed by atoms with Gasteiger partial charge in [-0.3, -0.25) is 19.7 Å². The van der Waals surface area contributed by atoms with Gasteiger partial charge in [-0.25, -0.2) is 4.39 Å². The number of carbonyl (C=O) groups is 3. The molecule has 1 fully saturated rings. The molecule has 5 nitrogen and oxygen atoms in total. The highest BCUT2D eigenvalue weighted by atomic mass is 19.1. The third-order valence-electron chi connectivity index (χ3n) is 2.63. The van der Waals surface area contributed by atoms with Gasteiger partial charge in [0.15, 0.2) is 5.78 Å². The molecule has 0 spiro atoms. The molecule has 1 heterocycles. The number of Topliss-reactive ketones (excluding diaryl/α,β-unsaturated/α-hetero) is 1. The highest BCUT2D eigenvalue weighted by molar-refractivity contribution is 6.05. The average Bonchev–Trinajstić information content (AvgIpc) is 2.26. The van der Waals surface area contributed by atoms with Crippen LogP contribution in [-0.2, 0) is 9.59 Å². The molecule has 0 aliphatic carbocycles. The number of hydrogen-bond acceptors (Lipinski definition) is 4. The number of para-hydroxylation sites is 1. The lowest BCUT2D eigenvalue weighted by atomic mass is 10.1. The van der Waals surface area contributed by atoms with E-state index in [1.807, 2.05) is 0 Å². The maximum atomic E-state index is 13.8. The van der Waals surface area contributed by atoms with Crippen LogP contribution in [0.3, 0.4) is 0 Å². The number of imide groups is 1. The number of anilines is 1. The molecule has 0 bridgehead atoms. The van der Waals surface area contributed by atoms with Crippen LogP contribution >= 0.6 is 0 Å². The summed E-state index contributed by atoms with van der Waals surface area (Å²) in [6.07, 6.45) is 0. The highest BCUT2D eigenvalue weighted by Crippen LogP contribution is 2.25. The van der Waals surface area contributed by atoms with E-state index >= 15 is 0 Å². The lowest BCUT2D eigenvalue weighted by molar-refractivity contribution is -0.130. The van der Waals surface area contributed by atoms with Crippen LogP contribution in [0.2, 0.25) is 0 Å².